The van der Waals surface area contributed by atoms with Crippen molar-refractivity contribution in [1.82, 2.24) is 24.1 Å². The van der Waals surface area contributed by atoms with Gasteiger partial charge in [0, 0.05) is 56.0 Å². The number of nitrogens with zero attached hydrogens (tertiary/aromatic N) is 5. The average molecular weight is 462 g/mol. The van der Waals surface area contributed by atoms with Gasteiger partial charge in [0.2, 0.25) is 0 Å². The van der Waals surface area contributed by atoms with Crippen LogP contribution < -0.4 is 0 Å². The molecule has 1 aliphatic rings. The largest absolute Gasteiger partial charge is 0.348 e. The van der Waals surface area contributed by atoms with Crippen molar-refractivity contribution >= 4 is 27.5 Å². The van der Waals surface area contributed by atoms with Crippen molar-refractivity contribution in [1.29, 1.82) is 0 Å². The van der Waals surface area contributed by atoms with Crippen molar-refractivity contribution in [2.45, 2.75) is 34.2 Å². The number of aromatic nitrogens is 3. The molecule has 3 aromatic heterocycles. The fourth-order valence-electron chi connectivity index (χ4n) is 4.64. The summed E-state index contributed by atoms with van der Waals surface area (Å²) in [5.41, 5.74) is 5.83. The van der Waals surface area contributed by atoms with Crippen LogP contribution in [0.25, 0.3) is 15.9 Å². The quantitative estimate of drug-likeness (QED) is 0.437. The first-order valence-corrected chi connectivity index (χ1v) is 12.4. The Labute approximate surface area is 199 Å². The van der Waals surface area contributed by atoms with Crippen LogP contribution in [0.15, 0.2) is 42.5 Å². The van der Waals surface area contributed by atoms with Crippen LogP contribution in [0.3, 0.4) is 0 Å². The summed E-state index contributed by atoms with van der Waals surface area (Å²) in [5.74, 6) is 0.141. The Balaban J connectivity index is 1.26. The van der Waals surface area contributed by atoms with E-state index in [1.165, 1.54) is 17.0 Å². The summed E-state index contributed by atoms with van der Waals surface area (Å²) in [6.07, 6.45) is 0. The van der Waals surface area contributed by atoms with Gasteiger partial charge in [-0.3, -0.25) is 9.69 Å². The number of benzene rings is 1. The van der Waals surface area contributed by atoms with Crippen LogP contribution in [0, 0.1) is 27.7 Å². The van der Waals surface area contributed by atoms with E-state index in [0.29, 0.717) is 0 Å². The Hall–Kier alpha value is -2.90. The van der Waals surface area contributed by atoms with E-state index < -0.39 is 0 Å². The Kier molecular flexibility index (Phi) is 5.85. The second-order valence-corrected chi connectivity index (χ2v) is 10.1. The minimum Gasteiger partial charge on any atom is -0.348 e. The summed E-state index contributed by atoms with van der Waals surface area (Å²) in [4.78, 5) is 19.6. The van der Waals surface area contributed by atoms with Crippen LogP contribution >= 0.6 is 11.3 Å². The third-order valence-corrected chi connectivity index (χ3v) is 7.85. The van der Waals surface area contributed by atoms with Gasteiger partial charge in [-0.25, -0.2) is 4.68 Å². The molecule has 172 valence electrons. The fraction of sp³-hybridized carbons (Fsp3) is 0.385. The minimum absolute atomic E-state index is 0.141. The van der Waals surface area contributed by atoms with Gasteiger partial charge in [0.05, 0.1) is 16.3 Å². The first-order chi connectivity index (χ1) is 15.9. The van der Waals surface area contributed by atoms with Crippen LogP contribution in [0.5, 0.6) is 0 Å². The maximum absolute atomic E-state index is 13.3. The van der Waals surface area contributed by atoms with E-state index in [9.17, 15) is 4.79 Å². The molecule has 1 saturated heterocycles. The van der Waals surface area contributed by atoms with E-state index in [1.807, 2.05) is 22.6 Å². The molecule has 1 aromatic carbocycles. The molecule has 0 radical (unpaired) electrons. The Morgan fingerprint density at radius 1 is 0.909 bits per heavy atom. The summed E-state index contributed by atoms with van der Waals surface area (Å²) in [5, 5.41) is 5.79. The van der Waals surface area contributed by atoms with E-state index >= 15 is 0 Å². The summed E-state index contributed by atoms with van der Waals surface area (Å²) in [6.45, 7) is 13.8. The molecule has 6 nitrogen and oxygen atoms in total. The van der Waals surface area contributed by atoms with E-state index in [4.69, 9.17) is 5.10 Å². The van der Waals surface area contributed by atoms with Gasteiger partial charge in [-0.1, -0.05) is 17.7 Å². The van der Waals surface area contributed by atoms with Crippen LogP contribution in [-0.2, 0) is 6.54 Å². The van der Waals surface area contributed by atoms with E-state index in [0.717, 1.165) is 65.7 Å². The molecule has 0 aliphatic carbocycles. The first kappa shape index (κ1) is 21.9. The third kappa shape index (κ3) is 4.23. The molecule has 33 heavy (non-hydrogen) atoms. The highest BCUT2D eigenvalue weighted by Crippen LogP contribution is 2.31. The number of thiophene rings is 1. The summed E-state index contributed by atoms with van der Waals surface area (Å²) in [7, 11) is 0. The second kappa shape index (κ2) is 8.80. The Morgan fingerprint density at radius 2 is 1.58 bits per heavy atom. The van der Waals surface area contributed by atoms with Crippen molar-refractivity contribution < 1.29 is 4.79 Å². The molecule has 0 bridgehead atoms. The zero-order valence-electron chi connectivity index (χ0n) is 19.8. The lowest BCUT2D eigenvalue weighted by molar-refractivity contribution is 0.0638. The predicted octanol–water partition coefficient (Wildman–Crippen LogP) is 4.58. The lowest BCUT2D eigenvalue weighted by atomic mass is 10.2. The maximum atomic E-state index is 13.3. The molecule has 0 atom stereocenters. The summed E-state index contributed by atoms with van der Waals surface area (Å²) < 4.78 is 4.34. The van der Waals surface area contributed by atoms with Crippen LogP contribution in [-0.4, -0.2) is 62.8 Å². The van der Waals surface area contributed by atoms with Gasteiger partial charge in [-0.2, -0.15) is 5.10 Å². The van der Waals surface area contributed by atoms with Gasteiger partial charge in [0.15, 0.2) is 0 Å². The number of piperazine rings is 1. The molecule has 1 amide bonds. The van der Waals surface area contributed by atoms with Crippen LogP contribution in [0.2, 0.25) is 0 Å². The standard InChI is InChI=1S/C26H31N5OS/c1-18-5-9-22(10-6-18)31-26-23(21(4)27-31)17-24(33-26)25(32)29-14-11-28(12-15-29)13-16-30-19(2)7-8-20(30)3/h5-10,17H,11-16H2,1-4H3. The molecule has 4 heterocycles. The van der Waals surface area contributed by atoms with Crippen molar-refractivity contribution in [2.24, 2.45) is 0 Å². The molecule has 4 aromatic rings. The number of hydrogen-bond donors (Lipinski definition) is 0. The minimum atomic E-state index is 0.141. The van der Waals surface area contributed by atoms with Crippen molar-refractivity contribution in [2.75, 3.05) is 32.7 Å². The molecule has 0 unspecified atom stereocenters. The maximum Gasteiger partial charge on any atom is 0.264 e. The summed E-state index contributed by atoms with van der Waals surface area (Å²) in [6, 6.07) is 14.7. The number of rotatable bonds is 5. The molecule has 0 spiro atoms. The number of carbonyl (C=O) groups is 1. The topological polar surface area (TPSA) is 46.3 Å². The highest BCUT2D eigenvalue weighted by Gasteiger charge is 2.25. The average Bonchev–Trinajstić information content (AvgIpc) is 3.48. The Morgan fingerprint density at radius 3 is 2.24 bits per heavy atom. The van der Waals surface area contributed by atoms with Crippen molar-refractivity contribution in [3.05, 3.63) is 70.0 Å². The molecular weight excluding hydrogens is 430 g/mol. The predicted molar refractivity (Wildman–Crippen MR) is 135 cm³/mol. The fourth-order valence-corrected chi connectivity index (χ4v) is 5.79. The van der Waals surface area contributed by atoms with Crippen molar-refractivity contribution in [3.63, 3.8) is 0 Å². The normalized spacial score (nSPS) is 15.0. The van der Waals surface area contributed by atoms with Gasteiger partial charge >= 0.3 is 0 Å². The number of amides is 1. The number of fused-ring (bicyclic) bond motifs is 1. The van der Waals surface area contributed by atoms with Crippen LogP contribution in [0.1, 0.15) is 32.3 Å². The van der Waals surface area contributed by atoms with E-state index in [2.05, 4.69) is 66.6 Å². The van der Waals surface area contributed by atoms with Crippen molar-refractivity contribution in [3.8, 4) is 5.69 Å². The Bertz CT molecular complexity index is 1270. The van der Waals surface area contributed by atoms with Gasteiger partial charge in [-0.05, 0) is 58.0 Å². The van der Waals surface area contributed by atoms with E-state index in [-0.39, 0.29) is 5.91 Å². The van der Waals surface area contributed by atoms with Gasteiger partial charge in [0.1, 0.15) is 4.83 Å². The molecule has 5 rings (SSSR count). The molecule has 1 aliphatic heterocycles. The van der Waals surface area contributed by atoms with E-state index in [1.54, 1.807) is 11.3 Å². The highest BCUT2D eigenvalue weighted by atomic mass is 32.1. The zero-order valence-corrected chi connectivity index (χ0v) is 20.7. The molecule has 1 fully saturated rings. The number of aryl methyl sites for hydroxylation is 4. The van der Waals surface area contributed by atoms with Crippen LogP contribution in [0.4, 0.5) is 0 Å². The highest BCUT2D eigenvalue weighted by molar-refractivity contribution is 7.20. The lowest BCUT2D eigenvalue weighted by Gasteiger charge is -2.34. The first-order valence-electron chi connectivity index (χ1n) is 11.6. The zero-order chi connectivity index (χ0) is 23.1. The SMILES string of the molecule is Cc1ccc(-n2nc(C)c3cc(C(=O)N4CCN(CCn5c(C)ccc5C)CC4)sc32)cc1. The molecular formula is C26H31N5OS. The van der Waals surface area contributed by atoms with Gasteiger partial charge in [0.25, 0.3) is 5.91 Å². The summed E-state index contributed by atoms with van der Waals surface area (Å²) >= 11 is 1.55. The van der Waals surface area contributed by atoms with Gasteiger partial charge < -0.3 is 9.47 Å². The monoisotopic (exact) mass is 461 g/mol. The third-order valence-electron chi connectivity index (χ3n) is 6.75. The molecule has 0 N–H and O–H groups in total. The second-order valence-electron chi connectivity index (χ2n) is 9.06. The molecule has 0 saturated carbocycles. The van der Waals surface area contributed by atoms with Gasteiger partial charge in [-0.15, -0.1) is 11.3 Å². The molecule has 7 heteroatoms. The number of carbonyl (C=O) groups excluding carboxylic acids is 1. The number of hydrogen-bond acceptors (Lipinski definition) is 4. The lowest BCUT2D eigenvalue weighted by Crippen LogP contribution is -2.49. The smallest absolute Gasteiger partial charge is 0.264 e.